The predicted molar refractivity (Wildman–Crippen MR) is 114 cm³/mol. The summed E-state index contributed by atoms with van der Waals surface area (Å²) >= 11 is 0.895. The third kappa shape index (κ3) is 5.21. The quantitative estimate of drug-likeness (QED) is 0.718. The summed E-state index contributed by atoms with van der Waals surface area (Å²) in [6, 6.07) is 10.6. The molecule has 30 heavy (non-hydrogen) atoms. The Morgan fingerprint density at radius 1 is 0.900 bits per heavy atom. The van der Waals surface area contributed by atoms with Gasteiger partial charge < -0.3 is 14.6 Å². The van der Waals surface area contributed by atoms with Crippen molar-refractivity contribution in [1.29, 1.82) is 0 Å². The van der Waals surface area contributed by atoms with Crippen LogP contribution in [0.3, 0.4) is 0 Å². The Kier molecular flexibility index (Phi) is 6.83. The second kappa shape index (κ2) is 9.18. The molecule has 1 heterocycles. The van der Waals surface area contributed by atoms with Crippen LogP contribution in [0, 0.1) is 27.7 Å². The number of thioether (sulfide) groups is 1. The Bertz CT molecular complexity index is 920. The number of hydrogen-bond acceptors (Lipinski definition) is 6. The minimum absolute atomic E-state index is 0.182. The van der Waals surface area contributed by atoms with E-state index in [0.29, 0.717) is 11.1 Å². The lowest BCUT2D eigenvalue weighted by Crippen LogP contribution is -2.36. The summed E-state index contributed by atoms with van der Waals surface area (Å²) in [6.45, 7) is 7.28. The molecule has 1 fully saturated rings. The van der Waals surface area contributed by atoms with Crippen LogP contribution in [0.2, 0.25) is 0 Å². The highest BCUT2D eigenvalue weighted by atomic mass is 32.2. The molecule has 0 aliphatic carbocycles. The molecule has 0 aromatic heterocycles. The van der Waals surface area contributed by atoms with E-state index in [4.69, 9.17) is 9.47 Å². The predicted octanol–water partition coefficient (Wildman–Crippen LogP) is 4.07. The van der Waals surface area contributed by atoms with Crippen LogP contribution in [0.4, 0.5) is 4.39 Å². The first-order valence-corrected chi connectivity index (χ1v) is 10.6. The molecular formula is C23H25FO5S. The van der Waals surface area contributed by atoms with Crippen LogP contribution < -0.4 is 0 Å². The minimum Gasteiger partial charge on any atom is -0.461 e. The number of hydrogen-bond donors (Lipinski definition) is 1. The van der Waals surface area contributed by atoms with E-state index in [1.165, 1.54) is 0 Å². The maximum Gasteiger partial charge on any atom is 0.338 e. The molecule has 0 amide bonds. The van der Waals surface area contributed by atoms with Crippen molar-refractivity contribution in [3.05, 3.63) is 69.8 Å². The van der Waals surface area contributed by atoms with Crippen molar-refractivity contribution in [2.24, 2.45) is 0 Å². The van der Waals surface area contributed by atoms with E-state index < -0.39 is 34.9 Å². The van der Waals surface area contributed by atoms with Gasteiger partial charge in [0.25, 0.3) is 0 Å². The molecule has 2 aromatic rings. The molecule has 0 bridgehead atoms. The van der Waals surface area contributed by atoms with Gasteiger partial charge in [0.2, 0.25) is 0 Å². The lowest BCUT2D eigenvalue weighted by molar-refractivity contribution is -0.0112. The maximum absolute atomic E-state index is 14.5. The molecule has 4 atom stereocenters. The monoisotopic (exact) mass is 432 g/mol. The second-order valence-electron chi connectivity index (χ2n) is 7.73. The number of carbonyl (C=O) groups excluding carboxylic acids is 2. The summed E-state index contributed by atoms with van der Waals surface area (Å²) in [5.41, 5.74) is 2.99. The van der Waals surface area contributed by atoms with Gasteiger partial charge in [-0.1, -0.05) is 34.4 Å². The van der Waals surface area contributed by atoms with Gasteiger partial charge in [0.15, 0.2) is 12.3 Å². The zero-order chi connectivity index (χ0) is 22.0. The number of aliphatic hydroxyl groups excluding tert-OH is 1. The standard InChI is InChI=1S/C23H25FO5S/c1-12-5-13(2)8-16(7-12)21(25)28-11-18-20(19(24)23(27)30-18)29-22(26)17-9-14(3)6-15(4)10-17/h5-10,18-20,23,27H,11H2,1-4H3/t18-,19+,20-,23?/m1/s1. The number of esters is 2. The highest BCUT2D eigenvalue weighted by Gasteiger charge is 2.47. The molecule has 3 rings (SSSR count). The normalized spacial score (nSPS) is 23.3. The van der Waals surface area contributed by atoms with Gasteiger partial charge in [0.05, 0.1) is 16.4 Å². The molecule has 1 N–H and O–H groups in total. The average Bonchev–Trinajstić information content (AvgIpc) is 2.92. The lowest BCUT2D eigenvalue weighted by atomic mass is 10.1. The molecule has 1 saturated heterocycles. The molecule has 0 spiro atoms. The Labute approximate surface area is 179 Å². The van der Waals surface area contributed by atoms with E-state index in [0.717, 1.165) is 34.0 Å². The Morgan fingerprint density at radius 3 is 1.87 bits per heavy atom. The van der Waals surface area contributed by atoms with E-state index in [-0.39, 0.29) is 6.61 Å². The van der Waals surface area contributed by atoms with E-state index in [9.17, 15) is 19.1 Å². The van der Waals surface area contributed by atoms with Crippen molar-refractivity contribution in [3.63, 3.8) is 0 Å². The van der Waals surface area contributed by atoms with Crippen molar-refractivity contribution in [3.8, 4) is 0 Å². The van der Waals surface area contributed by atoms with E-state index in [1.807, 2.05) is 39.8 Å². The SMILES string of the molecule is Cc1cc(C)cc(C(=O)OC[C@H]2SC(O)[C@@H](F)[C@@H]2OC(=O)c2cc(C)cc(C)c2)c1. The van der Waals surface area contributed by atoms with Gasteiger partial charge in [0.1, 0.15) is 12.0 Å². The summed E-state index contributed by atoms with van der Waals surface area (Å²) in [7, 11) is 0. The highest BCUT2D eigenvalue weighted by Crippen LogP contribution is 2.37. The lowest BCUT2D eigenvalue weighted by Gasteiger charge is -2.20. The van der Waals surface area contributed by atoms with Gasteiger partial charge in [-0.3, -0.25) is 0 Å². The van der Waals surface area contributed by atoms with Crippen molar-refractivity contribution < 1.29 is 28.6 Å². The summed E-state index contributed by atoms with van der Waals surface area (Å²) < 4.78 is 25.3. The van der Waals surface area contributed by atoms with Gasteiger partial charge >= 0.3 is 11.9 Å². The summed E-state index contributed by atoms with van der Waals surface area (Å²) in [5, 5.41) is 9.21. The number of benzene rings is 2. The molecule has 160 valence electrons. The summed E-state index contributed by atoms with van der Waals surface area (Å²) in [6.07, 6.45) is -2.99. The zero-order valence-corrected chi connectivity index (χ0v) is 18.2. The van der Waals surface area contributed by atoms with E-state index in [2.05, 4.69) is 0 Å². The molecule has 0 saturated carbocycles. The zero-order valence-electron chi connectivity index (χ0n) is 17.3. The fourth-order valence-electron chi connectivity index (χ4n) is 3.59. The van der Waals surface area contributed by atoms with Gasteiger partial charge in [-0.25, -0.2) is 14.0 Å². The fourth-order valence-corrected chi connectivity index (χ4v) is 4.76. The molecule has 5 nitrogen and oxygen atoms in total. The molecule has 1 aliphatic heterocycles. The Balaban J connectivity index is 1.69. The number of aryl methyl sites for hydroxylation is 4. The third-order valence-corrected chi connectivity index (χ3v) is 6.10. The highest BCUT2D eigenvalue weighted by molar-refractivity contribution is 8.00. The molecule has 0 radical (unpaired) electrons. The number of carbonyl (C=O) groups is 2. The Morgan fingerprint density at radius 2 is 1.37 bits per heavy atom. The van der Waals surface area contributed by atoms with Crippen LogP contribution in [0.15, 0.2) is 36.4 Å². The van der Waals surface area contributed by atoms with Gasteiger partial charge in [-0.2, -0.15) is 0 Å². The van der Waals surface area contributed by atoms with Gasteiger partial charge in [-0.05, 0) is 52.0 Å². The van der Waals surface area contributed by atoms with Crippen LogP contribution in [0.5, 0.6) is 0 Å². The van der Waals surface area contributed by atoms with Gasteiger partial charge in [0, 0.05) is 0 Å². The average molecular weight is 433 g/mol. The smallest absolute Gasteiger partial charge is 0.338 e. The van der Waals surface area contributed by atoms with Crippen molar-refractivity contribution in [2.75, 3.05) is 6.61 Å². The number of halogens is 1. The van der Waals surface area contributed by atoms with Crippen LogP contribution in [-0.2, 0) is 9.47 Å². The first-order valence-electron chi connectivity index (χ1n) is 9.66. The summed E-state index contributed by atoms with van der Waals surface area (Å²) in [5.74, 6) is -1.21. The van der Waals surface area contributed by atoms with Crippen molar-refractivity contribution in [2.45, 2.75) is 50.7 Å². The molecule has 2 aromatic carbocycles. The van der Waals surface area contributed by atoms with Crippen molar-refractivity contribution in [1.82, 2.24) is 0 Å². The van der Waals surface area contributed by atoms with Crippen molar-refractivity contribution >= 4 is 23.7 Å². The van der Waals surface area contributed by atoms with E-state index >= 15 is 0 Å². The number of alkyl halides is 1. The summed E-state index contributed by atoms with van der Waals surface area (Å²) in [4.78, 5) is 24.9. The third-order valence-electron chi connectivity index (χ3n) is 4.80. The first-order chi connectivity index (χ1) is 14.1. The number of ether oxygens (including phenoxy) is 2. The number of rotatable bonds is 5. The maximum atomic E-state index is 14.5. The molecule has 1 unspecified atom stereocenters. The van der Waals surface area contributed by atoms with Crippen LogP contribution in [-0.4, -0.2) is 46.6 Å². The van der Waals surface area contributed by atoms with Crippen LogP contribution >= 0.6 is 11.8 Å². The molecular weight excluding hydrogens is 407 g/mol. The number of aliphatic hydroxyl groups is 1. The molecule has 7 heteroatoms. The topological polar surface area (TPSA) is 72.8 Å². The van der Waals surface area contributed by atoms with Gasteiger partial charge in [-0.15, -0.1) is 11.8 Å². The van der Waals surface area contributed by atoms with Crippen LogP contribution in [0.25, 0.3) is 0 Å². The van der Waals surface area contributed by atoms with Crippen LogP contribution in [0.1, 0.15) is 43.0 Å². The van der Waals surface area contributed by atoms with E-state index in [1.54, 1.807) is 24.3 Å². The molecule has 1 aliphatic rings. The fraction of sp³-hybridized carbons (Fsp3) is 0.391. The largest absolute Gasteiger partial charge is 0.461 e. The Hall–Kier alpha value is -2.38. The first kappa shape index (κ1) is 22.3. The minimum atomic E-state index is -1.77. The second-order valence-corrected chi connectivity index (χ2v) is 9.09.